The van der Waals surface area contributed by atoms with Crippen molar-refractivity contribution in [2.45, 2.75) is 19.4 Å². The third kappa shape index (κ3) is 4.88. The zero-order valence-electron chi connectivity index (χ0n) is 10.5. The first-order valence-electron chi connectivity index (χ1n) is 5.58. The summed E-state index contributed by atoms with van der Waals surface area (Å²) in [5, 5.41) is 21.9. The van der Waals surface area contributed by atoms with Crippen LogP contribution in [0.1, 0.15) is 12.0 Å². The molecule has 0 radical (unpaired) electrons. The Morgan fingerprint density at radius 1 is 1.30 bits per heavy atom. The lowest BCUT2D eigenvalue weighted by atomic mass is 10.2. The van der Waals surface area contributed by atoms with E-state index in [0.29, 0.717) is 10.2 Å². The Labute approximate surface area is 123 Å². The summed E-state index contributed by atoms with van der Waals surface area (Å²) in [4.78, 5) is 33.0. The van der Waals surface area contributed by atoms with Gasteiger partial charge in [0.25, 0.3) is 0 Å². The van der Waals surface area contributed by atoms with E-state index in [1.165, 1.54) is 0 Å². The molecular weight excluding hydrogens is 332 g/mol. The van der Waals surface area contributed by atoms with Crippen LogP contribution in [-0.4, -0.2) is 34.2 Å². The topological polar surface area (TPSA) is 116 Å². The van der Waals surface area contributed by atoms with Crippen molar-refractivity contribution in [1.82, 2.24) is 5.32 Å². The smallest absolute Gasteiger partial charge is 0.326 e. The van der Waals surface area contributed by atoms with Crippen LogP contribution in [0, 0.1) is 6.92 Å². The minimum atomic E-state index is -1.49. The molecule has 8 heteroatoms. The third-order valence-corrected chi connectivity index (χ3v) is 3.01. The SMILES string of the molecule is Cc1ccc(NC(=O)N[C@@H](CC(=O)O)C(=O)O)c(Br)c1. The fourth-order valence-electron chi connectivity index (χ4n) is 1.41. The molecule has 1 aromatic carbocycles. The molecule has 0 aliphatic heterocycles. The van der Waals surface area contributed by atoms with Gasteiger partial charge in [0.1, 0.15) is 6.04 Å². The van der Waals surface area contributed by atoms with Gasteiger partial charge in [0.15, 0.2) is 0 Å². The fourth-order valence-corrected chi connectivity index (χ4v) is 2.01. The Bertz CT molecular complexity index is 547. The zero-order valence-corrected chi connectivity index (χ0v) is 12.1. The average Bonchev–Trinajstić information content (AvgIpc) is 2.31. The summed E-state index contributed by atoms with van der Waals surface area (Å²) in [6.07, 6.45) is -0.697. The van der Waals surface area contributed by atoms with Crippen LogP contribution < -0.4 is 10.6 Å². The fraction of sp³-hybridized carbons (Fsp3) is 0.250. The van der Waals surface area contributed by atoms with Crippen molar-refractivity contribution in [3.05, 3.63) is 28.2 Å². The monoisotopic (exact) mass is 344 g/mol. The van der Waals surface area contributed by atoms with Gasteiger partial charge in [-0.2, -0.15) is 0 Å². The van der Waals surface area contributed by atoms with Crippen molar-refractivity contribution >= 4 is 39.6 Å². The average molecular weight is 345 g/mol. The Kier molecular flexibility index (Phi) is 5.51. The second-order valence-corrected chi connectivity index (χ2v) is 4.92. The molecule has 20 heavy (non-hydrogen) atoms. The van der Waals surface area contributed by atoms with E-state index in [9.17, 15) is 14.4 Å². The summed E-state index contributed by atoms with van der Waals surface area (Å²) in [5.74, 6) is -2.72. The van der Waals surface area contributed by atoms with E-state index < -0.39 is 30.4 Å². The predicted octanol–water partition coefficient (Wildman–Crippen LogP) is 1.81. The molecule has 0 aliphatic carbocycles. The standard InChI is InChI=1S/C12H13BrN2O5/c1-6-2-3-8(7(13)4-6)14-12(20)15-9(11(18)19)5-10(16)17/h2-4,9H,5H2,1H3,(H,16,17)(H,18,19)(H2,14,15,20)/t9-/m0/s1. The number of carbonyl (C=O) groups is 3. The minimum absolute atomic E-state index is 0.451. The van der Waals surface area contributed by atoms with Crippen molar-refractivity contribution in [3.8, 4) is 0 Å². The molecule has 4 N–H and O–H groups in total. The number of rotatable bonds is 5. The first kappa shape index (κ1) is 16.0. The van der Waals surface area contributed by atoms with Crippen LogP contribution in [0.2, 0.25) is 0 Å². The van der Waals surface area contributed by atoms with E-state index in [1.54, 1.807) is 18.2 Å². The van der Waals surface area contributed by atoms with Gasteiger partial charge in [-0.15, -0.1) is 0 Å². The van der Waals surface area contributed by atoms with Crippen LogP contribution in [-0.2, 0) is 9.59 Å². The largest absolute Gasteiger partial charge is 0.481 e. The lowest BCUT2D eigenvalue weighted by Gasteiger charge is -2.14. The van der Waals surface area contributed by atoms with Gasteiger partial charge in [-0.1, -0.05) is 6.07 Å². The number of urea groups is 1. The Hall–Kier alpha value is -2.09. The van der Waals surface area contributed by atoms with Gasteiger partial charge in [0, 0.05) is 4.47 Å². The highest BCUT2D eigenvalue weighted by atomic mass is 79.9. The van der Waals surface area contributed by atoms with Crippen LogP contribution in [0.4, 0.5) is 10.5 Å². The molecule has 0 saturated heterocycles. The van der Waals surface area contributed by atoms with Gasteiger partial charge in [0.05, 0.1) is 12.1 Å². The van der Waals surface area contributed by atoms with Gasteiger partial charge in [-0.3, -0.25) is 4.79 Å². The molecule has 0 fully saturated rings. The number of hydrogen-bond acceptors (Lipinski definition) is 3. The highest BCUT2D eigenvalue weighted by Crippen LogP contribution is 2.23. The molecule has 7 nitrogen and oxygen atoms in total. The van der Waals surface area contributed by atoms with Crippen molar-refractivity contribution < 1.29 is 24.6 Å². The first-order valence-corrected chi connectivity index (χ1v) is 6.37. The number of carboxylic acids is 2. The second kappa shape index (κ2) is 6.90. The summed E-state index contributed by atoms with van der Waals surface area (Å²) >= 11 is 3.26. The number of aryl methyl sites for hydroxylation is 1. The van der Waals surface area contributed by atoms with Gasteiger partial charge < -0.3 is 20.8 Å². The van der Waals surface area contributed by atoms with Crippen LogP contribution >= 0.6 is 15.9 Å². The molecule has 0 aromatic heterocycles. The summed E-state index contributed by atoms with van der Waals surface area (Å²) in [6, 6.07) is 2.92. The molecule has 0 heterocycles. The molecule has 1 atom stereocenters. The van der Waals surface area contributed by atoms with Crippen LogP contribution in [0.25, 0.3) is 0 Å². The summed E-state index contributed by atoms with van der Waals surface area (Å²) < 4.78 is 0.637. The Balaban J connectivity index is 2.70. The lowest BCUT2D eigenvalue weighted by molar-refractivity contribution is -0.145. The zero-order chi connectivity index (χ0) is 15.3. The number of amides is 2. The number of benzene rings is 1. The molecule has 0 saturated carbocycles. The van der Waals surface area contributed by atoms with E-state index in [4.69, 9.17) is 10.2 Å². The van der Waals surface area contributed by atoms with Crippen LogP contribution in [0.5, 0.6) is 0 Å². The maximum absolute atomic E-state index is 11.6. The highest BCUT2D eigenvalue weighted by molar-refractivity contribution is 9.10. The molecular formula is C12H13BrN2O5. The summed E-state index contributed by atoms with van der Waals surface area (Å²) in [6.45, 7) is 1.88. The molecule has 0 unspecified atom stereocenters. The number of carbonyl (C=O) groups excluding carboxylic acids is 1. The Morgan fingerprint density at radius 3 is 2.45 bits per heavy atom. The molecule has 1 rings (SSSR count). The predicted molar refractivity (Wildman–Crippen MR) is 74.7 cm³/mol. The Morgan fingerprint density at radius 2 is 1.95 bits per heavy atom. The molecule has 0 aliphatic rings. The number of carboxylic acid groups (broad SMARTS) is 2. The molecule has 0 bridgehead atoms. The number of nitrogens with one attached hydrogen (secondary N) is 2. The van der Waals surface area contributed by atoms with Crippen molar-refractivity contribution in [2.75, 3.05) is 5.32 Å². The van der Waals surface area contributed by atoms with Gasteiger partial charge in [-0.25, -0.2) is 9.59 Å². The van der Waals surface area contributed by atoms with Crippen molar-refractivity contribution in [3.63, 3.8) is 0 Å². The van der Waals surface area contributed by atoms with E-state index >= 15 is 0 Å². The number of hydrogen-bond donors (Lipinski definition) is 4. The summed E-state index contributed by atoms with van der Waals surface area (Å²) in [5.41, 5.74) is 1.43. The van der Waals surface area contributed by atoms with Gasteiger partial charge in [0.2, 0.25) is 0 Å². The summed E-state index contributed by atoms with van der Waals surface area (Å²) in [7, 11) is 0. The number of aliphatic carboxylic acids is 2. The normalized spacial score (nSPS) is 11.5. The highest BCUT2D eigenvalue weighted by Gasteiger charge is 2.23. The molecule has 2 amide bonds. The molecule has 1 aromatic rings. The van der Waals surface area contributed by atoms with E-state index in [0.717, 1.165) is 5.56 Å². The first-order chi connectivity index (χ1) is 9.29. The maximum Gasteiger partial charge on any atom is 0.326 e. The van der Waals surface area contributed by atoms with Crippen molar-refractivity contribution in [1.29, 1.82) is 0 Å². The van der Waals surface area contributed by atoms with Crippen LogP contribution in [0.3, 0.4) is 0 Å². The van der Waals surface area contributed by atoms with E-state index in [1.807, 2.05) is 6.92 Å². The van der Waals surface area contributed by atoms with E-state index in [2.05, 4.69) is 26.6 Å². The lowest BCUT2D eigenvalue weighted by Crippen LogP contribution is -2.44. The van der Waals surface area contributed by atoms with Crippen LogP contribution in [0.15, 0.2) is 22.7 Å². The second-order valence-electron chi connectivity index (χ2n) is 4.07. The molecule has 108 valence electrons. The quantitative estimate of drug-likeness (QED) is 0.650. The molecule has 0 spiro atoms. The van der Waals surface area contributed by atoms with Gasteiger partial charge >= 0.3 is 18.0 Å². The minimum Gasteiger partial charge on any atom is -0.481 e. The van der Waals surface area contributed by atoms with E-state index in [-0.39, 0.29) is 0 Å². The maximum atomic E-state index is 11.6. The number of anilines is 1. The number of halogens is 1. The van der Waals surface area contributed by atoms with Crippen molar-refractivity contribution in [2.24, 2.45) is 0 Å². The van der Waals surface area contributed by atoms with Gasteiger partial charge in [-0.05, 0) is 40.5 Å². The third-order valence-electron chi connectivity index (χ3n) is 2.35.